The predicted molar refractivity (Wildman–Crippen MR) is 66.4 cm³/mol. The van der Waals surface area contributed by atoms with Crippen molar-refractivity contribution in [2.75, 3.05) is 26.7 Å². The van der Waals surface area contributed by atoms with Crippen LogP contribution in [0.1, 0.15) is 16.2 Å². The number of nitrogens with one attached hydrogen (secondary N) is 1. The molecule has 0 spiro atoms. The SMILES string of the molecule is CNC[C@H]1CCN(Cc2ccc(C)s2)C1. The summed E-state index contributed by atoms with van der Waals surface area (Å²) in [4.78, 5) is 5.52. The second kappa shape index (κ2) is 5.10. The second-order valence-corrected chi connectivity index (χ2v) is 5.83. The molecule has 2 nitrogen and oxygen atoms in total. The van der Waals surface area contributed by atoms with Crippen molar-refractivity contribution in [3.05, 3.63) is 21.9 Å². The summed E-state index contributed by atoms with van der Waals surface area (Å²) in [5, 5.41) is 3.27. The van der Waals surface area contributed by atoms with E-state index in [4.69, 9.17) is 0 Å². The molecule has 0 amide bonds. The maximum atomic E-state index is 3.27. The van der Waals surface area contributed by atoms with E-state index < -0.39 is 0 Å². The van der Waals surface area contributed by atoms with Gasteiger partial charge in [0.05, 0.1) is 0 Å². The molecule has 2 rings (SSSR count). The second-order valence-electron chi connectivity index (χ2n) is 4.46. The Hall–Kier alpha value is -0.380. The van der Waals surface area contributed by atoms with Crippen LogP contribution in [0, 0.1) is 12.8 Å². The van der Waals surface area contributed by atoms with E-state index in [2.05, 4.69) is 29.3 Å². The van der Waals surface area contributed by atoms with Crippen LogP contribution in [0.2, 0.25) is 0 Å². The molecule has 1 fully saturated rings. The van der Waals surface area contributed by atoms with E-state index in [1.807, 2.05) is 18.4 Å². The van der Waals surface area contributed by atoms with E-state index in [1.54, 1.807) is 0 Å². The van der Waals surface area contributed by atoms with Gasteiger partial charge in [0.1, 0.15) is 0 Å². The first-order valence-electron chi connectivity index (χ1n) is 5.70. The van der Waals surface area contributed by atoms with E-state index in [-0.39, 0.29) is 0 Å². The zero-order valence-corrected chi connectivity index (χ0v) is 10.4. The van der Waals surface area contributed by atoms with Crippen LogP contribution in [-0.2, 0) is 6.54 Å². The number of hydrogen-bond donors (Lipinski definition) is 1. The van der Waals surface area contributed by atoms with Gasteiger partial charge in [-0.25, -0.2) is 0 Å². The number of hydrogen-bond acceptors (Lipinski definition) is 3. The normalized spacial score (nSPS) is 22.4. The van der Waals surface area contributed by atoms with Gasteiger partial charge in [-0.2, -0.15) is 0 Å². The lowest BCUT2D eigenvalue weighted by Crippen LogP contribution is -2.24. The Morgan fingerprint density at radius 3 is 3.07 bits per heavy atom. The Bertz CT molecular complexity index is 308. The monoisotopic (exact) mass is 224 g/mol. The number of rotatable bonds is 4. The molecule has 15 heavy (non-hydrogen) atoms. The first-order valence-corrected chi connectivity index (χ1v) is 6.52. The largest absolute Gasteiger partial charge is 0.319 e. The van der Waals surface area contributed by atoms with E-state index in [0.29, 0.717) is 0 Å². The van der Waals surface area contributed by atoms with Crippen molar-refractivity contribution in [2.45, 2.75) is 19.9 Å². The van der Waals surface area contributed by atoms with Crippen molar-refractivity contribution >= 4 is 11.3 Å². The van der Waals surface area contributed by atoms with Gasteiger partial charge in [-0.15, -0.1) is 11.3 Å². The molecule has 1 atom stereocenters. The molecule has 1 N–H and O–H groups in total. The number of nitrogens with zero attached hydrogens (tertiary/aromatic N) is 1. The summed E-state index contributed by atoms with van der Waals surface area (Å²) in [6.45, 7) is 7.03. The molecule has 1 aromatic heterocycles. The standard InChI is InChI=1S/C12H20N2S/c1-10-3-4-12(15-10)9-14-6-5-11(8-14)7-13-2/h3-4,11,13H,5-9H2,1-2H3/t11-/m1/s1. The van der Waals surface area contributed by atoms with Crippen LogP contribution < -0.4 is 5.32 Å². The fourth-order valence-corrected chi connectivity index (χ4v) is 3.24. The average molecular weight is 224 g/mol. The van der Waals surface area contributed by atoms with E-state index in [1.165, 1.54) is 35.8 Å². The Balaban J connectivity index is 1.82. The van der Waals surface area contributed by atoms with Crippen LogP contribution in [-0.4, -0.2) is 31.6 Å². The smallest absolute Gasteiger partial charge is 0.0328 e. The van der Waals surface area contributed by atoms with Crippen molar-refractivity contribution in [3.8, 4) is 0 Å². The first-order chi connectivity index (χ1) is 7.28. The minimum atomic E-state index is 0.857. The van der Waals surface area contributed by atoms with Gasteiger partial charge in [0, 0.05) is 22.8 Å². The summed E-state index contributed by atoms with van der Waals surface area (Å²) in [7, 11) is 2.05. The van der Waals surface area contributed by atoms with Crippen LogP contribution in [0.4, 0.5) is 0 Å². The highest BCUT2D eigenvalue weighted by Gasteiger charge is 2.21. The average Bonchev–Trinajstić information content (AvgIpc) is 2.78. The highest BCUT2D eigenvalue weighted by atomic mass is 32.1. The van der Waals surface area contributed by atoms with Crippen LogP contribution in [0.5, 0.6) is 0 Å². The zero-order valence-electron chi connectivity index (χ0n) is 9.62. The number of aryl methyl sites for hydroxylation is 1. The van der Waals surface area contributed by atoms with Crippen LogP contribution in [0.15, 0.2) is 12.1 Å². The molecule has 1 aliphatic heterocycles. The third kappa shape index (κ3) is 3.03. The minimum absolute atomic E-state index is 0.857. The van der Waals surface area contributed by atoms with Gasteiger partial charge in [0.15, 0.2) is 0 Å². The van der Waals surface area contributed by atoms with Gasteiger partial charge in [-0.05, 0) is 51.5 Å². The summed E-state index contributed by atoms with van der Waals surface area (Å²) in [5.74, 6) is 0.857. The molecular weight excluding hydrogens is 204 g/mol. The van der Waals surface area contributed by atoms with Crippen LogP contribution in [0.25, 0.3) is 0 Å². The lowest BCUT2D eigenvalue weighted by atomic mass is 10.1. The molecule has 0 aliphatic carbocycles. The Morgan fingerprint density at radius 1 is 1.53 bits per heavy atom. The molecule has 0 unspecified atom stereocenters. The maximum Gasteiger partial charge on any atom is 0.0328 e. The Morgan fingerprint density at radius 2 is 2.40 bits per heavy atom. The molecule has 84 valence electrons. The van der Waals surface area contributed by atoms with Gasteiger partial charge in [0.25, 0.3) is 0 Å². The van der Waals surface area contributed by atoms with Gasteiger partial charge in [0.2, 0.25) is 0 Å². The molecule has 1 saturated heterocycles. The third-order valence-electron chi connectivity index (χ3n) is 3.04. The lowest BCUT2D eigenvalue weighted by Gasteiger charge is -2.14. The molecule has 1 aromatic rings. The van der Waals surface area contributed by atoms with Crippen LogP contribution in [0.3, 0.4) is 0 Å². The molecular formula is C12H20N2S. The topological polar surface area (TPSA) is 15.3 Å². The highest BCUT2D eigenvalue weighted by Crippen LogP contribution is 2.21. The zero-order chi connectivity index (χ0) is 10.7. The molecule has 0 bridgehead atoms. The van der Waals surface area contributed by atoms with Crippen LogP contribution >= 0.6 is 11.3 Å². The fourth-order valence-electron chi connectivity index (χ4n) is 2.30. The van der Waals surface area contributed by atoms with Gasteiger partial charge in [-0.3, -0.25) is 4.90 Å². The summed E-state index contributed by atoms with van der Waals surface area (Å²) >= 11 is 1.93. The molecule has 0 radical (unpaired) electrons. The number of thiophene rings is 1. The molecule has 2 heterocycles. The summed E-state index contributed by atoms with van der Waals surface area (Å²) in [5.41, 5.74) is 0. The first kappa shape index (κ1) is 11.1. The number of likely N-dealkylation sites (tertiary alicyclic amines) is 1. The highest BCUT2D eigenvalue weighted by molar-refractivity contribution is 7.11. The Kier molecular flexibility index (Phi) is 3.78. The Labute approximate surface area is 96.3 Å². The summed E-state index contributed by atoms with van der Waals surface area (Å²) in [6.07, 6.45) is 1.35. The summed E-state index contributed by atoms with van der Waals surface area (Å²) in [6, 6.07) is 4.49. The minimum Gasteiger partial charge on any atom is -0.319 e. The van der Waals surface area contributed by atoms with Crippen molar-refractivity contribution in [2.24, 2.45) is 5.92 Å². The third-order valence-corrected chi connectivity index (χ3v) is 4.02. The quantitative estimate of drug-likeness (QED) is 0.842. The van der Waals surface area contributed by atoms with Gasteiger partial charge >= 0.3 is 0 Å². The van der Waals surface area contributed by atoms with E-state index >= 15 is 0 Å². The maximum absolute atomic E-state index is 3.27. The van der Waals surface area contributed by atoms with Crippen molar-refractivity contribution in [1.29, 1.82) is 0 Å². The summed E-state index contributed by atoms with van der Waals surface area (Å²) < 4.78 is 0. The van der Waals surface area contributed by atoms with Crippen molar-refractivity contribution in [1.82, 2.24) is 10.2 Å². The molecule has 0 saturated carbocycles. The molecule has 3 heteroatoms. The molecule has 0 aromatic carbocycles. The van der Waals surface area contributed by atoms with Gasteiger partial charge in [-0.1, -0.05) is 0 Å². The van der Waals surface area contributed by atoms with E-state index in [0.717, 1.165) is 12.5 Å². The van der Waals surface area contributed by atoms with Crippen molar-refractivity contribution < 1.29 is 0 Å². The van der Waals surface area contributed by atoms with Crippen molar-refractivity contribution in [3.63, 3.8) is 0 Å². The van der Waals surface area contributed by atoms with E-state index in [9.17, 15) is 0 Å². The van der Waals surface area contributed by atoms with Gasteiger partial charge < -0.3 is 5.32 Å². The predicted octanol–water partition coefficient (Wildman–Crippen LogP) is 2.10. The molecule has 1 aliphatic rings. The lowest BCUT2D eigenvalue weighted by molar-refractivity contribution is 0.318. The fraction of sp³-hybridized carbons (Fsp3) is 0.667.